The van der Waals surface area contributed by atoms with Gasteiger partial charge in [0.1, 0.15) is 0 Å². The number of rotatable bonds is 5. The van der Waals surface area contributed by atoms with E-state index in [-0.39, 0.29) is 16.9 Å². The first-order valence-electron chi connectivity index (χ1n) is 11.3. The molecule has 0 saturated carbocycles. The molecule has 4 aromatic rings. The number of carbonyl (C=O) groups excluding carboxylic acids is 2. The average molecular weight is 526 g/mol. The van der Waals surface area contributed by atoms with Crippen molar-refractivity contribution >= 4 is 33.4 Å². The lowest BCUT2D eigenvalue weighted by Gasteiger charge is -2.19. The smallest absolute Gasteiger partial charge is 0.271 e. The maximum absolute atomic E-state index is 13.2. The van der Waals surface area contributed by atoms with Gasteiger partial charge >= 0.3 is 0 Å². The van der Waals surface area contributed by atoms with Crippen LogP contribution < -0.4 is 11.1 Å². The summed E-state index contributed by atoms with van der Waals surface area (Å²) in [6, 6.07) is 28.8. The lowest BCUT2D eigenvalue weighted by molar-refractivity contribution is 0.0993. The van der Waals surface area contributed by atoms with Gasteiger partial charge in [-0.25, -0.2) is 0 Å². The van der Waals surface area contributed by atoms with Gasteiger partial charge in [0.05, 0.1) is 11.3 Å². The zero-order valence-corrected chi connectivity index (χ0v) is 21.4. The molecular weight excluding hydrogens is 500 g/mol. The van der Waals surface area contributed by atoms with Crippen molar-refractivity contribution in [3.63, 3.8) is 0 Å². The molecule has 2 amide bonds. The first-order chi connectivity index (χ1) is 16.6. The van der Waals surface area contributed by atoms with Crippen LogP contribution >= 0.6 is 15.9 Å². The van der Waals surface area contributed by atoms with Crippen molar-refractivity contribution in [2.75, 3.05) is 5.32 Å². The Balaban J connectivity index is 1.73. The Labute approximate surface area is 214 Å². The minimum atomic E-state index is -0.869. The molecule has 0 aliphatic carbocycles. The fraction of sp³-hybridized carbons (Fsp3) is 0.133. The van der Waals surface area contributed by atoms with Gasteiger partial charge in [0.2, 0.25) is 0 Å². The number of hydrogen-bond acceptors (Lipinski definition) is 2. The minimum absolute atomic E-state index is 0.0232. The second-order valence-corrected chi connectivity index (χ2v) is 10.3. The van der Waals surface area contributed by atoms with Crippen LogP contribution in [0.4, 0.5) is 5.69 Å². The van der Waals surface area contributed by atoms with Crippen LogP contribution in [-0.4, -0.2) is 11.8 Å². The molecule has 0 aliphatic heterocycles. The lowest BCUT2D eigenvalue weighted by Crippen LogP contribution is -2.17. The van der Waals surface area contributed by atoms with Gasteiger partial charge < -0.3 is 5.32 Å². The second kappa shape index (κ2) is 9.88. The van der Waals surface area contributed by atoms with E-state index in [0.29, 0.717) is 21.3 Å². The minimum Gasteiger partial charge on any atom is -0.321 e. The summed E-state index contributed by atoms with van der Waals surface area (Å²) >= 11 is 3.45. The number of anilines is 1. The van der Waals surface area contributed by atoms with E-state index in [1.807, 2.05) is 72.8 Å². The maximum atomic E-state index is 13.2. The predicted octanol–water partition coefficient (Wildman–Crippen LogP) is 7.76. The highest BCUT2D eigenvalue weighted by molar-refractivity contribution is 9.10. The third-order valence-corrected chi connectivity index (χ3v) is 6.36. The molecular formula is C30H26BrN2O2. The van der Waals surface area contributed by atoms with Crippen LogP contribution in [0, 0.1) is 0 Å². The highest BCUT2D eigenvalue weighted by atomic mass is 79.9. The topological polar surface area (TPSA) is 70.0 Å². The summed E-state index contributed by atoms with van der Waals surface area (Å²) in [6.45, 7) is 6.35. The molecule has 2 N–H and O–H groups in total. The van der Waals surface area contributed by atoms with Crippen molar-refractivity contribution in [3.05, 3.63) is 112 Å². The summed E-state index contributed by atoms with van der Waals surface area (Å²) in [6.07, 6.45) is 0. The van der Waals surface area contributed by atoms with Crippen molar-refractivity contribution in [3.8, 4) is 22.3 Å². The molecule has 5 heteroatoms. The third kappa shape index (κ3) is 5.52. The molecule has 4 aromatic carbocycles. The van der Waals surface area contributed by atoms with Crippen molar-refractivity contribution in [2.24, 2.45) is 0 Å². The Morgan fingerprint density at radius 1 is 0.771 bits per heavy atom. The predicted molar refractivity (Wildman–Crippen MR) is 146 cm³/mol. The van der Waals surface area contributed by atoms with Crippen LogP contribution in [-0.2, 0) is 5.41 Å². The van der Waals surface area contributed by atoms with Crippen LogP contribution in [0.2, 0.25) is 0 Å². The van der Waals surface area contributed by atoms with Gasteiger partial charge in [-0.15, -0.1) is 0 Å². The largest absolute Gasteiger partial charge is 0.321 e. The molecule has 175 valence electrons. The number of hydrogen-bond donors (Lipinski definition) is 1. The maximum Gasteiger partial charge on any atom is 0.271 e. The zero-order chi connectivity index (χ0) is 25.2. The van der Waals surface area contributed by atoms with Gasteiger partial charge in [0.15, 0.2) is 0 Å². The molecule has 35 heavy (non-hydrogen) atoms. The Hall–Kier alpha value is -3.70. The van der Waals surface area contributed by atoms with Gasteiger partial charge in [-0.05, 0) is 51.9 Å². The van der Waals surface area contributed by atoms with Gasteiger partial charge in [-0.1, -0.05) is 103 Å². The standard InChI is InChI=1S/C30H26BrN2O2/c1-30(2,3)23-15-13-22(14-16-23)29(35)33-27-25(17-24(31)18-26(27)28(32)34)21-11-9-20(10-12-21)19-7-5-4-6-8-19/h4-18,32H,1-3H3,(H,33,35). The van der Waals surface area contributed by atoms with Crippen LogP contribution in [0.3, 0.4) is 0 Å². The Bertz CT molecular complexity index is 1370. The van der Waals surface area contributed by atoms with Crippen molar-refractivity contribution in [1.29, 1.82) is 0 Å². The van der Waals surface area contributed by atoms with Crippen molar-refractivity contribution in [2.45, 2.75) is 26.2 Å². The van der Waals surface area contributed by atoms with Crippen molar-refractivity contribution in [1.82, 2.24) is 5.73 Å². The second-order valence-electron chi connectivity index (χ2n) is 9.43. The Morgan fingerprint density at radius 3 is 1.91 bits per heavy atom. The lowest BCUT2D eigenvalue weighted by atomic mass is 9.86. The monoisotopic (exact) mass is 525 g/mol. The third-order valence-electron chi connectivity index (χ3n) is 5.90. The fourth-order valence-corrected chi connectivity index (χ4v) is 4.39. The molecule has 0 unspecified atom stereocenters. The molecule has 0 heterocycles. The van der Waals surface area contributed by atoms with E-state index < -0.39 is 5.91 Å². The number of nitrogens with one attached hydrogen (secondary N) is 2. The molecule has 0 saturated heterocycles. The van der Waals surface area contributed by atoms with E-state index >= 15 is 0 Å². The van der Waals surface area contributed by atoms with E-state index in [0.717, 1.165) is 22.3 Å². The first kappa shape index (κ1) is 24.4. The highest BCUT2D eigenvalue weighted by Crippen LogP contribution is 2.36. The molecule has 0 spiro atoms. The fourth-order valence-electron chi connectivity index (χ4n) is 3.93. The van der Waals surface area contributed by atoms with Crippen LogP contribution in [0.5, 0.6) is 0 Å². The first-order valence-corrected chi connectivity index (χ1v) is 12.1. The van der Waals surface area contributed by atoms with E-state index in [1.54, 1.807) is 18.2 Å². The summed E-state index contributed by atoms with van der Waals surface area (Å²) in [7, 11) is 0. The van der Waals surface area contributed by atoms with Gasteiger partial charge in [-0.3, -0.25) is 15.3 Å². The molecule has 0 atom stereocenters. The van der Waals surface area contributed by atoms with E-state index in [2.05, 4.69) is 42.0 Å². The summed E-state index contributed by atoms with van der Waals surface area (Å²) in [5.74, 6) is -1.20. The normalized spacial score (nSPS) is 11.2. The summed E-state index contributed by atoms with van der Waals surface area (Å²) < 4.78 is 0.655. The molecule has 0 bridgehead atoms. The van der Waals surface area contributed by atoms with E-state index in [1.165, 1.54) is 0 Å². The molecule has 0 fully saturated rings. The number of carbonyl (C=O) groups is 2. The highest BCUT2D eigenvalue weighted by Gasteiger charge is 2.20. The van der Waals surface area contributed by atoms with Gasteiger partial charge in [0, 0.05) is 15.6 Å². The average Bonchev–Trinajstić information content (AvgIpc) is 2.85. The summed E-state index contributed by atoms with van der Waals surface area (Å²) in [5.41, 5.74) is 13.5. The molecule has 4 nitrogen and oxygen atoms in total. The van der Waals surface area contributed by atoms with Gasteiger partial charge in [-0.2, -0.15) is 0 Å². The zero-order valence-electron chi connectivity index (χ0n) is 19.9. The van der Waals surface area contributed by atoms with E-state index in [4.69, 9.17) is 5.73 Å². The summed E-state index contributed by atoms with van der Waals surface area (Å²) in [5, 5.41) is 2.91. The Kier molecular flexibility index (Phi) is 6.90. The molecule has 4 rings (SSSR count). The molecule has 0 aromatic heterocycles. The number of halogens is 1. The molecule has 0 aliphatic rings. The number of benzene rings is 4. The SMILES string of the molecule is CC(C)(C)c1ccc(C(=O)Nc2c(C([NH])=O)cc(Br)cc2-c2ccc(-c3ccccc3)cc2)cc1. The van der Waals surface area contributed by atoms with Crippen LogP contribution in [0.25, 0.3) is 22.3 Å². The van der Waals surface area contributed by atoms with Crippen molar-refractivity contribution < 1.29 is 9.59 Å². The van der Waals surface area contributed by atoms with Crippen LogP contribution in [0.15, 0.2) is 95.5 Å². The quantitative estimate of drug-likeness (QED) is 0.289. The van der Waals surface area contributed by atoms with Gasteiger partial charge in [0.25, 0.3) is 11.8 Å². The summed E-state index contributed by atoms with van der Waals surface area (Å²) in [4.78, 5) is 25.4. The van der Waals surface area contributed by atoms with E-state index in [9.17, 15) is 9.59 Å². The molecule has 1 radical (unpaired) electrons. The Morgan fingerprint density at radius 2 is 1.34 bits per heavy atom. The number of amides is 2. The van der Waals surface area contributed by atoms with Crippen LogP contribution in [0.1, 0.15) is 47.1 Å².